The third-order valence-corrected chi connectivity index (χ3v) is 7.27. The molecule has 8 heteroatoms. The standard InChI is InChI=1S/C25H31N3O4S/c1-17(2)13-18-5-7-19(8-6-18)20-9-11-22(12-10-20)33(31,32)16-25(3,4)24(30)28-21(15-26)14-23(27)29/h5-12,17,21H,13-14,16H2,1-4H3,(H2,27,29)(H,28,30)/t21-/m0/s1. The summed E-state index contributed by atoms with van der Waals surface area (Å²) in [4.78, 5) is 23.7. The number of carbonyl (C=O) groups is 2. The molecule has 176 valence electrons. The molecule has 0 heterocycles. The molecule has 0 bridgehead atoms. The van der Waals surface area contributed by atoms with Crippen LogP contribution in [0.1, 0.15) is 39.7 Å². The van der Waals surface area contributed by atoms with Crippen LogP contribution in [0.4, 0.5) is 0 Å². The molecule has 0 spiro atoms. The quantitative estimate of drug-likeness (QED) is 0.552. The predicted octanol–water partition coefficient (Wildman–Crippen LogP) is 3.24. The van der Waals surface area contributed by atoms with Gasteiger partial charge in [0.15, 0.2) is 9.84 Å². The molecule has 0 fully saturated rings. The molecular weight excluding hydrogens is 438 g/mol. The second kappa shape index (κ2) is 10.6. The molecule has 0 radical (unpaired) electrons. The predicted molar refractivity (Wildman–Crippen MR) is 128 cm³/mol. The minimum atomic E-state index is -3.78. The molecule has 0 aliphatic heterocycles. The molecule has 0 saturated heterocycles. The zero-order valence-electron chi connectivity index (χ0n) is 19.5. The molecule has 2 amide bonds. The van der Waals surface area contributed by atoms with E-state index in [-0.39, 0.29) is 11.3 Å². The lowest BCUT2D eigenvalue weighted by molar-refractivity contribution is -0.129. The van der Waals surface area contributed by atoms with Crippen molar-refractivity contribution in [1.29, 1.82) is 5.26 Å². The first kappa shape index (κ1) is 26.1. The highest BCUT2D eigenvalue weighted by Crippen LogP contribution is 2.26. The lowest BCUT2D eigenvalue weighted by Crippen LogP contribution is -2.46. The van der Waals surface area contributed by atoms with Crippen LogP contribution in [-0.2, 0) is 25.8 Å². The zero-order chi connectivity index (χ0) is 24.8. The fourth-order valence-corrected chi connectivity index (χ4v) is 5.27. The van der Waals surface area contributed by atoms with E-state index >= 15 is 0 Å². The highest BCUT2D eigenvalue weighted by Gasteiger charge is 2.35. The third kappa shape index (κ3) is 7.43. The van der Waals surface area contributed by atoms with E-state index in [1.54, 1.807) is 18.2 Å². The second-order valence-corrected chi connectivity index (χ2v) is 11.3. The lowest BCUT2D eigenvalue weighted by atomic mass is 9.94. The Morgan fingerprint density at radius 2 is 1.55 bits per heavy atom. The van der Waals surface area contributed by atoms with Gasteiger partial charge in [-0.3, -0.25) is 9.59 Å². The van der Waals surface area contributed by atoms with E-state index in [2.05, 4.69) is 31.3 Å². The van der Waals surface area contributed by atoms with Crippen molar-refractivity contribution in [2.75, 3.05) is 5.75 Å². The summed E-state index contributed by atoms with van der Waals surface area (Å²) in [7, 11) is -3.78. The number of nitriles is 1. The summed E-state index contributed by atoms with van der Waals surface area (Å²) in [6.45, 7) is 7.29. The molecule has 0 aromatic heterocycles. The zero-order valence-corrected chi connectivity index (χ0v) is 20.3. The number of nitrogens with two attached hydrogens (primary N) is 1. The minimum Gasteiger partial charge on any atom is -0.370 e. The van der Waals surface area contributed by atoms with Gasteiger partial charge in [-0.15, -0.1) is 0 Å². The molecule has 0 aliphatic rings. The summed E-state index contributed by atoms with van der Waals surface area (Å²) in [5, 5.41) is 11.5. The number of carbonyl (C=O) groups excluding carboxylic acids is 2. The number of benzene rings is 2. The van der Waals surface area contributed by atoms with Gasteiger partial charge in [-0.25, -0.2) is 8.42 Å². The van der Waals surface area contributed by atoms with E-state index in [1.807, 2.05) is 12.1 Å². The van der Waals surface area contributed by atoms with Crippen LogP contribution in [0, 0.1) is 22.7 Å². The topological polar surface area (TPSA) is 130 Å². The first-order chi connectivity index (χ1) is 15.3. The molecule has 1 atom stereocenters. The fourth-order valence-electron chi connectivity index (χ4n) is 3.47. The van der Waals surface area contributed by atoms with Crippen LogP contribution in [0.3, 0.4) is 0 Å². The number of nitrogens with one attached hydrogen (secondary N) is 1. The van der Waals surface area contributed by atoms with Crippen molar-refractivity contribution in [3.8, 4) is 17.2 Å². The van der Waals surface area contributed by atoms with Crippen molar-refractivity contribution >= 4 is 21.7 Å². The van der Waals surface area contributed by atoms with E-state index in [4.69, 9.17) is 11.0 Å². The van der Waals surface area contributed by atoms with Gasteiger partial charge in [0.25, 0.3) is 0 Å². The lowest BCUT2D eigenvalue weighted by Gasteiger charge is -2.24. The molecule has 33 heavy (non-hydrogen) atoms. The van der Waals surface area contributed by atoms with Gasteiger partial charge in [-0.2, -0.15) is 5.26 Å². The molecule has 7 nitrogen and oxygen atoms in total. The Morgan fingerprint density at radius 1 is 1.03 bits per heavy atom. The van der Waals surface area contributed by atoms with Gasteiger partial charge in [-0.1, -0.05) is 64.1 Å². The Labute approximate surface area is 195 Å². The normalized spacial score (nSPS) is 12.7. The second-order valence-electron chi connectivity index (χ2n) is 9.29. The highest BCUT2D eigenvalue weighted by molar-refractivity contribution is 7.91. The number of hydrogen-bond acceptors (Lipinski definition) is 5. The summed E-state index contributed by atoms with van der Waals surface area (Å²) in [6.07, 6.45) is 0.656. The Kier molecular flexibility index (Phi) is 8.39. The number of nitrogens with zero attached hydrogens (tertiary/aromatic N) is 1. The monoisotopic (exact) mass is 469 g/mol. The van der Waals surface area contributed by atoms with E-state index in [0.29, 0.717) is 5.92 Å². The molecule has 2 aromatic carbocycles. The Hall–Kier alpha value is -3.18. The largest absolute Gasteiger partial charge is 0.370 e. The summed E-state index contributed by atoms with van der Waals surface area (Å²) in [5.74, 6) is -1.26. The first-order valence-electron chi connectivity index (χ1n) is 10.7. The Bertz CT molecular complexity index is 1130. The van der Waals surface area contributed by atoms with E-state index < -0.39 is 38.9 Å². The van der Waals surface area contributed by atoms with Crippen molar-refractivity contribution in [2.45, 2.75) is 51.5 Å². The van der Waals surface area contributed by atoms with Gasteiger partial charge in [0.1, 0.15) is 6.04 Å². The number of sulfone groups is 1. The number of primary amides is 1. The van der Waals surface area contributed by atoms with Crippen LogP contribution in [0.2, 0.25) is 0 Å². The van der Waals surface area contributed by atoms with Crippen LogP contribution < -0.4 is 11.1 Å². The van der Waals surface area contributed by atoms with Crippen LogP contribution in [-0.4, -0.2) is 32.0 Å². The smallest absolute Gasteiger partial charge is 0.227 e. The fraction of sp³-hybridized carbons (Fsp3) is 0.400. The van der Waals surface area contributed by atoms with Crippen molar-refractivity contribution < 1.29 is 18.0 Å². The van der Waals surface area contributed by atoms with Crippen molar-refractivity contribution in [3.63, 3.8) is 0 Å². The molecule has 2 rings (SSSR count). The van der Waals surface area contributed by atoms with Gasteiger partial charge in [-0.05, 0) is 41.2 Å². The van der Waals surface area contributed by atoms with Gasteiger partial charge in [0, 0.05) is 0 Å². The summed E-state index contributed by atoms with van der Waals surface area (Å²) in [6, 6.07) is 15.4. The first-order valence-corrected chi connectivity index (χ1v) is 12.4. The Balaban J connectivity index is 2.14. The van der Waals surface area contributed by atoms with Crippen molar-refractivity contribution in [3.05, 3.63) is 54.1 Å². The molecule has 3 N–H and O–H groups in total. The SMILES string of the molecule is CC(C)Cc1ccc(-c2ccc(S(=O)(=O)CC(C)(C)C(=O)N[C@H](C#N)CC(N)=O)cc2)cc1. The maximum Gasteiger partial charge on any atom is 0.227 e. The van der Waals surface area contributed by atoms with Crippen LogP contribution in [0.15, 0.2) is 53.4 Å². The average Bonchev–Trinajstić information content (AvgIpc) is 2.72. The molecule has 2 aromatic rings. The third-order valence-electron chi connectivity index (χ3n) is 5.18. The Morgan fingerprint density at radius 3 is 2.00 bits per heavy atom. The highest BCUT2D eigenvalue weighted by atomic mass is 32.2. The summed E-state index contributed by atoms with van der Waals surface area (Å²) >= 11 is 0. The molecular formula is C25H31N3O4S. The summed E-state index contributed by atoms with van der Waals surface area (Å²) in [5.41, 5.74) is 6.89. The maximum absolute atomic E-state index is 13.0. The summed E-state index contributed by atoms with van der Waals surface area (Å²) < 4.78 is 25.9. The molecule has 0 unspecified atom stereocenters. The number of rotatable bonds is 10. The number of amides is 2. The molecule has 0 aliphatic carbocycles. The van der Waals surface area contributed by atoms with Crippen molar-refractivity contribution in [1.82, 2.24) is 5.32 Å². The van der Waals surface area contributed by atoms with Crippen LogP contribution >= 0.6 is 0 Å². The van der Waals surface area contributed by atoms with Gasteiger partial charge < -0.3 is 11.1 Å². The molecule has 0 saturated carbocycles. The van der Waals surface area contributed by atoms with E-state index in [0.717, 1.165) is 17.5 Å². The van der Waals surface area contributed by atoms with E-state index in [1.165, 1.54) is 31.5 Å². The van der Waals surface area contributed by atoms with E-state index in [9.17, 15) is 18.0 Å². The average molecular weight is 470 g/mol. The van der Waals surface area contributed by atoms with Gasteiger partial charge in [0.05, 0.1) is 28.6 Å². The maximum atomic E-state index is 13.0. The van der Waals surface area contributed by atoms with Gasteiger partial charge in [0.2, 0.25) is 11.8 Å². The number of hydrogen-bond donors (Lipinski definition) is 2. The van der Waals surface area contributed by atoms with Crippen LogP contribution in [0.25, 0.3) is 11.1 Å². The minimum absolute atomic E-state index is 0.109. The van der Waals surface area contributed by atoms with Crippen molar-refractivity contribution in [2.24, 2.45) is 17.1 Å². The van der Waals surface area contributed by atoms with Crippen LogP contribution in [0.5, 0.6) is 0 Å². The van der Waals surface area contributed by atoms with Gasteiger partial charge >= 0.3 is 0 Å².